The monoisotopic (exact) mass is 307 g/mol. The highest BCUT2D eigenvalue weighted by Crippen LogP contribution is 1.98. The lowest BCUT2D eigenvalue weighted by atomic mass is 10.1. The number of hydrogen-bond acceptors (Lipinski definition) is 5. The lowest BCUT2D eigenvalue weighted by Crippen LogP contribution is -2.49. The molecule has 0 aromatic carbocycles. The number of rotatable bonds is 9. The average molecular weight is 307 g/mol. The lowest BCUT2D eigenvalue weighted by molar-refractivity contribution is -0.139. The van der Waals surface area contributed by atoms with Gasteiger partial charge in [0.15, 0.2) is 0 Å². The van der Waals surface area contributed by atoms with Crippen LogP contribution in [0.2, 0.25) is 0 Å². The summed E-state index contributed by atoms with van der Waals surface area (Å²) in [4.78, 5) is 43.8. The van der Waals surface area contributed by atoms with Crippen molar-refractivity contribution in [3.8, 4) is 0 Å². The maximum Gasteiger partial charge on any atom is 0.322 e. The minimum Gasteiger partial charge on any atom is -0.480 e. The molecule has 3 unspecified atom stereocenters. The summed E-state index contributed by atoms with van der Waals surface area (Å²) in [6.07, 6.45) is 0.00447. The van der Waals surface area contributed by atoms with Crippen LogP contribution >= 0.6 is 9.24 Å². The number of hydrogen-bond donors (Lipinski definition) is 5. The molecule has 10 heteroatoms. The van der Waals surface area contributed by atoms with Gasteiger partial charge in [0.1, 0.15) is 18.6 Å². The zero-order chi connectivity index (χ0) is 15.7. The molecule has 0 aromatic rings. The molecular formula is C10H18N3O6P. The second-order valence-corrected chi connectivity index (χ2v) is 4.42. The van der Waals surface area contributed by atoms with Crippen LogP contribution in [0.15, 0.2) is 0 Å². The molecule has 114 valence electrons. The third kappa shape index (κ3) is 7.65. The fraction of sp³-hybridized carbons (Fsp3) is 0.600. The van der Waals surface area contributed by atoms with E-state index in [2.05, 4.69) is 19.9 Å². The van der Waals surface area contributed by atoms with Crippen LogP contribution in [-0.2, 0) is 19.2 Å². The molecule has 0 rings (SSSR count). The number of carbonyl (C=O) groups is 4. The highest BCUT2D eigenvalue weighted by Gasteiger charge is 2.20. The van der Waals surface area contributed by atoms with Gasteiger partial charge in [-0.1, -0.05) is 0 Å². The van der Waals surface area contributed by atoms with Gasteiger partial charge in [0.05, 0.1) is 0 Å². The SMILES string of the molecule is NC(CCC(=O)NC(CP)C(=O)NCC(=O)O)C(=O)O. The quantitative estimate of drug-likeness (QED) is 0.300. The first-order valence-electron chi connectivity index (χ1n) is 5.75. The van der Waals surface area contributed by atoms with Crippen LogP contribution in [0.5, 0.6) is 0 Å². The second-order valence-electron chi connectivity index (χ2n) is 3.95. The minimum atomic E-state index is -1.21. The zero-order valence-electron chi connectivity index (χ0n) is 10.7. The van der Waals surface area contributed by atoms with Crippen LogP contribution in [0.4, 0.5) is 0 Å². The normalized spacial score (nSPS) is 13.1. The molecule has 6 N–H and O–H groups in total. The van der Waals surface area contributed by atoms with E-state index in [1.165, 1.54) is 0 Å². The predicted molar refractivity (Wildman–Crippen MR) is 72.0 cm³/mol. The first kappa shape index (κ1) is 18.3. The summed E-state index contributed by atoms with van der Waals surface area (Å²) in [5.41, 5.74) is 5.24. The van der Waals surface area contributed by atoms with Crippen molar-refractivity contribution >= 4 is 33.0 Å². The summed E-state index contributed by atoms with van der Waals surface area (Å²) >= 11 is 0. The van der Waals surface area contributed by atoms with Crippen LogP contribution in [-0.4, -0.2) is 58.8 Å². The minimum absolute atomic E-state index is 0.0541. The number of carboxylic acids is 2. The molecule has 0 aromatic heterocycles. The molecule has 0 aliphatic carbocycles. The van der Waals surface area contributed by atoms with Crippen molar-refractivity contribution in [3.05, 3.63) is 0 Å². The molecule has 20 heavy (non-hydrogen) atoms. The summed E-state index contributed by atoms with van der Waals surface area (Å²) in [6.45, 7) is -0.542. The molecule has 2 amide bonds. The average Bonchev–Trinajstić information content (AvgIpc) is 2.38. The zero-order valence-corrected chi connectivity index (χ0v) is 11.8. The van der Waals surface area contributed by atoms with Gasteiger partial charge in [0, 0.05) is 6.42 Å². The van der Waals surface area contributed by atoms with Crippen LogP contribution in [0.25, 0.3) is 0 Å². The Hall–Kier alpha value is -1.73. The molecule has 0 aliphatic rings. The van der Waals surface area contributed by atoms with E-state index in [9.17, 15) is 19.2 Å². The summed E-state index contributed by atoms with van der Waals surface area (Å²) in [5, 5.41) is 21.5. The van der Waals surface area contributed by atoms with Crippen LogP contribution in [0.3, 0.4) is 0 Å². The highest BCUT2D eigenvalue weighted by molar-refractivity contribution is 7.16. The molecule has 0 fully saturated rings. The van der Waals surface area contributed by atoms with E-state index >= 15 is 0 Å². The van der Waals surface area contributed by atoms with Crippen molar-refractivity contribution in [3.63, 3.8) is 0 Å². The van der Waals surface area contributed by atoms with Gasteiger partial charge in [0.2, 0.25) is 11.8 Å². The third-order valence-corrected chi connectivity index (χ3v) is 2.77. The molecule has 0 heterocycles. The molecule has 0 bridgehead atoms. The van der Waals surface area contributed by atoms with Gasteiger partial charge in [0.25, 0.3) is 0 Å². The first-order chi connectivity index (χ1) is 9.27. The second kappa shape index (κ2) is 9.22. The molecule has 0 saturated carbocycles. The van der Waals surface area contributed by atoms with E-state index in [4.69, 9.17) is 15.9 Å². The van der Waals surface area contributed by atoms with Gasteiger partial charge < -0.3 is 26.6 Å². The van der Waals surface area contributed by atoms with Gasteiger partial charge in [-0.3, -0.25) is 19.2 Å². The number of nitrogens with two attached hydrogens (primary N) is 1. The molecule has 0 saturated heterocycles. The van der Waals surface area contributed by atoms with Crippen molar-refractivity contribution in [2.75, 3.05) is 12.7 Å². The third-order valence-electron chi connectivity index (χ3n) is 2.30. The fourth-order valence-corrected chi connectivity index (χ4v) is 1.53. The van der Waals surface area contributed by atoms with Gasteiger partial charge in [-0.15, -0.1) is 9.24 Å². The lowest BCUT2D eigenvalue weighted by Gasteiger charge is -2.16. The van der Waals surface area contributed by atoms with E-state index in [-0.39, 0.29) is 19.0 Å². The van der Waals surface area contributed by atoms with E-state index in [1.54, 1.807) is 0 Å². The van der Waals surface area contributed by atoms with E-state index < -0.39 is 42.4 Å². The largest absolute Gasteiger partial charge is 0.480 e. The number of aliphatic carboxylic acids is 2. The smallest absolute Gasteiger partial charge is 0.322 e. The van der Waals surface area contributed by atoms with Gasteiger partial charge in [-0.25, -0.2) is 0 Å². The molecule has 3 atom stereocenters. The standard InChI is InChI=1S/C10H18N3O6P/c11-5(10(18)19)1-2-7(14)13-6(4-20)9(17)12-3-8(15)16/h5-6H,1-4,11,20H2,(H,12,17)(H,13,14)(H,15,16)(H,18,19). The Labute approximate surface area is 117 Å². The van der Waals surface area contributed by atoms with Crippen molar-refractivity contribution < 1.29 is 29.4 Å². The maximum absolute atomic E-state index is 11.5. The Morgan fingerprint density at radius 1 is 1.20 bits per heavy atom. The Kier molecular flexibility index (Phi) is 8.42. The van der Waals surface area contributed by atoms with Crippen molar-refractivity contribution in [1.82, 2.24) is 10.6 Å². The van der Waals surface area contributed by atoms with E-state index in [1.807, 2.05) is 0 Å². The molecule has 0 aliphatic heterocycles. The molecule has 0 spiro atoms. The number of carboxylic acid groups (broad SMARTS) is 2. The van der Waals surface area contributed by atoms with Gasteiger partial charge in [-0.2, -0.15) is 0 Å². The van der Waals surface area contributed by atoms with E-state index in [0.717, 1.165) is 0 Å². The summed E-state index contributed by atoms with van der Waals surface area (Å²) in [7, 11) is 2.25. The highest BCUT2D eigenvalue weighted by atomic mass is 31.0. The van der Waals surface area contributed by atoms with Gasteiger partial charge in [-0.05, 0) is 12.6 Å². The topological polar surface area (TPSA) is 159 Å². The van der Waals surface area contributed by atoms with Crippen LogP contribution in [0.1, 0.15) is 12.8 Å². The number of amides is 2. The predicted octanol–water partition coefficient (Wildman–Crippen LogP) is -2.26. The van der Waals surface area contributed by atoms with Crippen molar-refractivity contribution in [1.29, 1.82) is 0 Å². The first-order valence-corrected chi connectivity index (χ1v) is 6.56. The molecule has 0 radical (unpaired) electrons. The Morgan fingerprint density at radius 2 is 1.80 bits per heavy atom. The summed E-state index contributed by atoms with van der Waals surface area (Å²) in [6, 6.07) is -2.04. The summed E-state index contributed by atoms with van der Waals surface area (Å²) in [5.74, 6) is -3.56. The molecule has 9 nitrogen and oxygen atoms in total. The van der Waals surface area contributed by atoms with Crippen molar-refractivity contribution in [2.24, 2.45) is 5.73 Å². The Balaban J connectivity index is 4.21. The van der Waals surface area contributed by atoms with Crippen LogP contribution < -0.4 is 16.4 Å². The number of carbonyl (C=O) groups excluding carboxylic acids is 2. The maximum atomic E-state index is 11.5. The van der Waals surface area contributed by atoms with Crippen LogP contribution in [0, 0.1) is 0 Å². The number of nitrogens with one attached hydrogen (secondary N) is 2. The fourth-order valence-electron chi connectivity index (χ4n) is 1.19. The van der Waals surface area contributed by atoms with Crippen molar-refractivity contribution in [2.45, 2.75) is 24.9 Å². The summed E-state index contributed by atoms with van der Waals surface area (Å²) < 4.78 is 0. The molecular weight excluding hydrogens is 289 g/mol. The van der Waals surface area contributed by atoms with E-state index in [0.29, 0.717) is 0 Å². The Bertz CT molecular complexity index is 389. The van der Waals surface area contributed by atoms with Gasteiger partial charge >= 0.3 is 11.9 Å². The Morgan fingerprint density at radius 3 is 2.25 bits per heavy atom.